The third kappa shape index (κ3) is 3.54. The van der Waals surface area contributed by atoms with Gasteiger partial charge in [-0.1, -0.05) is 31.5 Å². The predicted molar refractivity (Wildman–Crippen MR) is 81.6 cm³/mol. The van der Waals surface area contributed by atoms with Crippen LogP contribution in [0, 0.1) is 0 Å². The summed E-state index contributed by atoms with van der Waals surface area (Å²) in [5, 5.41) is 2.92. The minimum Gasteiger partial charge on any atom is -0.354 e. The Labute approximate surface area is 123 Å². The van der Waals surface area contributed by atoms with E-state index >= 15 is 0 Å². The number of nitrogens with one attached hydrogen (secondary N) is 1. The van der Waals surface area contributed by atoms with Gasteiger partial charge in [0, 0.05) is 17.9 Å². The molecule has 5 heteroatoms. The summed E-state index contributed by atoms with van der Waals surface area (Å²) in [5.41, 5.74) is 0.640. The molecule has 1 fully saturated rings. The number of carbonyl (C=O) groups excluding carboxylic acids is 2. The molecule has 1 aromatic carbocycles. The van der Waals surface area contributed by atoms with E-state index in [2.05, 4.69) is 12.2 Å². The highest BCUT2D eigenvalue weighted by molar-refractivity contribution is 7.99. The van der Waals surface area contributed by atoms with Gasteiger partial charge >= 0.3 is 0 Å². The van der Waals surface area contributed by atoms with Crippen LogP contribution in [0.5, 0.6) is 0 Å². The Morgan fingerprint density at radius 3 is 2.80 bits per heavy atom. The second kappa shape index (κ2) is 7.33. The third-order valence-corrected chi connectivity index (χ3v) is 4.31. The van der Waals surface area contributed by atoms with Crippen LogP contribution in [0.2, 0.25) is 0 Å². The number of benzene rings is 1. The van der Waals surface area contributed by atoms with Gasteiger partial charge in [-0.15, -0.1) is 11.8 Å². The fraction of sp³-hybridized carbons (Fsp3) is 0.467. The van der Waals surface area contributed by atoms with Gasteiger partial charge in [-0.3, -0.25) is 9.59 Å². The monoisotopic (exact) mass is 292 g/mol. The minimum absolute atomic E-state index is 0.0345. The van der Waals surface area contributed by atoms with Gasteiger partial charge in [0.25, 0.3) is 5.91 Å². The Balaban J connectivity index is 2.00. The van der Waals surface area contributed by atoms with E-state index in [1.54, 1.807) is 28.8 Å². The van der Waals surface area contributed by atoms with E-state index in [0.717, 1.165) is 12.8 Å². The van der Waals surface area contributed by atoms with Crippen molar-refractivity contribution in [3.05, 3.63) is 35.9 Å². The molecule has 1 N–H and O–H groups in total. The Kier molecular flexibility index (Phi) is 5.47. The number of hydrogen-bond acceptors (Lipinski definition) is 3. The first-order valence-electron chi connectivity index (χ1n) is 6.95. The maximum Gasteiger partial charge on any atom is 0.255 e. The molecule has 1 unspecified atom stereocenters. The molecule has 1 aliphatic rings. The molecule has 20 heavy (non-hydrogen) atoms. The molecule has 0 radical (unpaired) electrons. The maximum absolute atomic E-state index is 12.4. The highest BCUT2D eigenvalue weighted by atomic mass is 32.2. The van der Waals surface area contributed by atoms with Crippen LogP contribution in [-0.4, -0.2) is 40.9 Å². The van der Waals surface area contributed by atoms with Crippen molar-refractivity contribution < 1.29 is 9.59 Å². The fourth-order valence-electron chi connectivity index (χ4n) is 2.11. The number of carbonyl (C=O) groups is 2. The van der Waals surface area contributed by atoms with Crippen LogP contribution in [0.25, 0.3) is 0 Å². The number of rotatable bonds is 5. The van der Waals surface area contributed by atoms with Crippen molar-refractivity contribution in [2.75, 3.05) is 18.2 Å². The van der Waals surface area contributed by atoms with E-state index in [0.29, 0.717) is 23.7 Å². The molecule has 1 aliphatic heterocycles. The summed E-state index contributed by atoms with van der Waals surface area (Å²) in [6.07, 6.45) is 2.02. The Hall–Kier alpha value is -1.49. The number of thioether (sulfide) groups is 1. The van der Waals surface area contributed by atoms with Gasteiger partial charge in [-0.05, 0) is 18.6 Å². The lowest BCUT2D eigenvalue weighted by Crippen LogP contribution is -2.47. The lowest BCUT2D eigenvalue weighted by Gasteiger charge is -2.23. The highest BCUT2D eigenvalue weighted by Gasteiger charge is 2.34. The molecule has 1 heterocycles. The van der Waals surface area contributed by atoms with E-state index in [-0.39, 0.29) is 17.9 Å². The molecule has 1 aromatic rings. The van der Waals surface area contributed by atoms with Crippen LogP contribution < -0.4 is 5.32 Å². The normalized spacial score (nSPS) is 18.1. The van der Waals surface area contributed by atoms with Crippen LogP contribution in [0.1, 0.15) is 30.1 Å². The zero-order valence-electron chi connectivity index (χ0n) is 11.7. The van der Waals surface area contributed by atoms with Crippen LogP contribution in [0.3, 0.4) is 0 Å². The zero-order valence-corrected chi connectivity index (χ0v) is 12.5. The molecular weight excluding hydrogens is 272 g/mol. The Morgan fingerprint density at radius 1 is 1.35 bits per heavy atom. The van der Waals surface area contributed by atoms with Crippen LogP contribution in [-0.2, 0) is 4.79 Å². The van der Waals surface area contributed by atoms with E-state index in [9.17, 15) is 9.59 Å². The van der Waals surface area contributed by atoms with Crippen molar-refractivity contribution in [1.29, 1.82) is 0 Å². The largest absolute Gasteiger partial charge is 0.354 e. The van der Waals surface area contributed by atoms with E-state index in [1.165, 1.54) is 0 Å². The summed E-state index contributed by atoms with van der Waals surface area (Å²) >= 11 is 1.63. The van der Waals surface area contributed by atoms with Crippen molar-refractivity contribution in [1.82, 2.24) is 10.2 Å². The van der Waals surface area contributed by atoms with Crippen molar-refractivity contribution in [3.63, 3.8) is 0 Å². The number of hydrogen-bond donors (Lipinski definition) is 1. The molecule has 4 nitrogen and oxygen atoms in total. The second-order valence-electron chi connectivity index (χ2n) is 4.80. The first kappa shape index (κ1) is 14.9. The van der Waals surface area contributed by atoms with Crippen molar-refractivity contribution in [3.8, 4) is 0 Å². The summed E-state index contributed by atoms with van der Waals surface area (Å²) in [7, 11) is 0. The van der Waals surface area contributed by atoms with E-state index < -0.39 is 0 Å². The summed E-state index contributed by atoms with van der Waals surface area (Å²) in [5.74, 6) is 1.16. The van der Waals surface area contributed by atoms with E-state index in [1.807, 2.05) is 18.2 Å². The molecule has 0 bridgehead atoms. The lowest BCUT2D eigenvalue weighted by molar-refractivity contribution is -0.124. The molecular formula is C15H20N2O2S. The number of unbranched alkanes of at least 4 members (excludes halogenated alkanes) is 1. The maximum atomic E-state index is 12.4. The lowest BCUT2D eigenvalue weighted by atomic mass is 10.1. The van der Waals surface area contributed by atoms with Crippen LogP contribution in [0.4, 0.5) is 0 Å². The first-order chi connectivity index (χ1) is 9.74. The number of nitrogens with zero attached hydrogens (tertiary/aromatic N) is 1. The first-order valence-corrected chi connectivity index (χ1v) is 8.11. The minimum atomic E-state index is -0.343. The summed E-state index contributed by atoms with van der Waals surface area (Å²) < 4.78 is 0. The third-order valence-electron chi connectivity index (χ3n) is 3.30. The van der Waals surface area contributed by atoms with Crippen molar-refractivity contribution in [2.24, 2.45) is 0 Å². The van der Waals surface area contributed by atoms with Gasteiger partial charge in [0.1, 0.15) is 6.04 Å². The second-order valence-corrected chi connectivity index (χ2v) is 5.80. The number of amides is 2. The molecule has 0 saturated carbocycles. The molecule has 1 atom stereocenters. The molecule has 108 valence electrons. The SMILES string of the molecule is CCCCNC(=O)C1CSCN1C(=O)c1ccccc1. The van der Waals surface area contributed by atoms with Gasteiger partial charge in [-0.25, -0.2) is 0 Å². The molecule has 2 rings (SSSR count). The van der Waals surface area contributed by atoms with E-state index in [4.69, 9.17) is 0 Å². The topological polar surface area (TPSA) is 49.4 Å². The average Bonchev–Trinajstić information content (AvgIpc) is 2.97. The average molecular weight is 292 g/mol. The fourth-order valence-corrected chi connectivity index (χ4v) is 3.27. The van der Waals surface area contributed by atoms with Crippen LogP contribution >= 0.6 is 11.8 Å². The summed E-state index contributed by atoms with van der Waals surface area (Å²) in [4.78, 5) is 26.2. The van der Waals surface area contributed by atoms with Gasteiger partial charge < -0.3 is 10.2 Å². The van der Waals surface area contributed by atoms with Crippen molar-refractivity contribution in [2.45, 2.75) is 25.8 Å². The van der Waals surface area contributed by atoms with Gasteiger partial charge in [0.2, 0.25) is 5.91 Å². The van der Waals surface area contributed by atoms with Crippen molar-refractivity contribution >= 4 is 23.6 Å². The highest BCUT2D eigenvalue weighted by Crippen LogP contribution is 2.23. The zero-order chi connectivity index (χ0) is 14.4. The Morgan fingerprint density at radius 2 is 2.10 bits per heavy atom. The standard InChI is InChI=1S/C15H20N2O2S/c1-2-3-9-16-14(18)13-10-20-11-17(13)15(19)12-7-5-4-6-8-12/h4-8,13H,2-3,9-11H2,1H3,(H,16,18). The summed E-state index contributed by atoms with van der Waals surface area (Å²) in [6, 6.07) is 8.79. The van der Waals surface area contributed by atoms with Gasteiger partial charge in [0.15, 0.2) is 0 Å². The summed E-state index contributed by atoms with van der Waals surface area (Å²) in [6.45, 7) is 2.77. The molecule has 2 amide bonds. The molecule has 0 aliphatic carbocycles. The predicted octanol–water partition coefficient (Wildman–Crippen LogP) is 2.12. The molecule has 0 aromatic heterocycles. The molecule has 1 saturated heterocycles. The van der Waals surface area contributed by atoms with Gasteiger partial charge in [0.05, 0.1) is 5.88 Å². The van der Waals surface area contributed by atoms with Crippen LogP contribution in [0.15, 0.2) is 30.3 Å². The Bertz CT molecular complexity index is 464. The smallest absolute Gasteiger partial charge is 0.255 e. The molecule has 0 spiro atoms. The van der Waals surface area contributed by atoms with Gasteiger partial charge in [-0.2, -0.15) is 0 Å². The quantitative estimate of drug-likeness (QED) is 0.846.